The van der Waals surface area contributed by atoms with Crippen LogP contribution in [0.25, 0.3) is 0 Å². The SMILES string of the molecule is O=[SH](O)(O)[SeH]. The Balaban J connectivity index is 3.47. The van der Waals surface area contributed by atoms with Crippen molar-refractivity contribution in [2.24, 2.45) is 0 Å². The first kappa shape index (κ1) is 5.59. The van der Waals surface area contributed by atoms with Crippen LogP contribution in [0.5, 0.6) is 0 Å². The average Bonchev–Trinajstić information content (AvgIpc) is 0.722. The van der Waals surface area contributed by atoms with Crippen LogP contribution in [0.3, 0.4) is 0 Å². The van der Waals surface area contributed by atoms with Gasteiger partial charge in [0.1, 0.15) is 0 Å². The Labute approximate surface area is 37.7 Å². The van der Waals surface area contributed by atoms with Crippen molar-refractivity contribution in [1.29, 1.82) is 0 Å². The zero-order chi connectivity index (χ0) is 4.50. The molecule has 5 heavy (non-hydrogen) atoms. The van der Waals surface area contributed by atoms with Gasteiger partial charge < -0.3 is 0 Å². The van der Waals surface area contributed by atoms with Crippen LogP contribution in [-0.4, -0.2) is 28.2 Å². The topological polar surface area (TPSA) is 57.5 Å². The van der Waals surface area contributed by atoms with Gasteiger partial charge in [-0.25, -0.2) is 0 Å². The van der Waals surface area contributed by atoms with Gasteiger partial charge in [-0.2, -0.15) is 0 Å². The van der Waals surface area contributed by atoms with Gasteiger partial charge in [-0.1, -0.05) is 0 Å². The molecule has 3 nitrogen and oxygen atoms in total. The van der Waals surface area contributed by atoms with E-state index in [0.29, 0.717) is 0 Å². The average molecular weight is 163 g/mol. The van der Waals surface area contributed by atoms with Gasteiger partial charge in [-0.05, 0) is 0 Å². The molecule has 0 aromatic carbocycles. The van der Waals surface area contributed by atoms with E-state index < -0.39 is 8.91 Å². The first-order valence-corrected chi connectivity index (χ1v) is 4.87. The van der Waals surface area contributed by atoms with E-state index in [2.05, 4.69) is 0 Å². The molecular formula is H4O3SSe. The maximum absolute atomic E-state index is 9.30. The molecule has 0 atom stereocenters. The minimum absolute atomic E-state index is 1.25. The molecule has 0 unspecified atom stereocenters. The second kappa shape index (κ2) is 1.36. The van der Waals surface area contributed by atoms with Gasteiger partial charge in [0, 0.05) is 0 Å². The fourth-order valence-electron chi connectivity index (χ4n) is 0. The molecule has 0 aliphatic carbocycles. The Kier molecular flexibility index (Phi) is 1.52. The number of thiol groups is 1. The van der Waals surface area contributed by atoms with Gasteiger partial charge in [0.05, 0.1) is 0 Å². The van der Waals surface area contributed by atoms with E-state index in [9.17, 15) is 4.21 Å². The van der Waals surface area contributed by atoms with Crippen molar-refractivity contribution in [3.63, 3.8) is 0 Å². The molecule has 0 bridgehead atoms. The Bertz CT molecular complexity index is 53.0. The van der Waals surface area contributed by atoms with Crippen LogP contribution >= 0.6 is 0 Å². The van der Waals surface area contributed by atoms with E-state index in [1.54, 1.807) is 0 Å². The molecule has 0 aromatic rings. The molecule has 0 spiro atoms. The zero-order valence-corrected chi connectivity index (χ0v) is 4.97. The van der Waals surface area contributed by atoms with Crippen molar-refractivity contribution in [2.45, 2.75) is 0 Å². The van der Waals surface area contributed by atoms with Gasteiger partial charge in [-0.15, -0.1) is 0 Å². The zero-order valence-electron chi connectivity index (χ0n) is 2.20. The fourth-order valence-corrected chi connectivity index (χ4v) is 0. The normalized spacial score (nSPS) is 15.0. The Morgan fingerprint density at radius 2 is 1.60 bits per heavy atom. The molecular weight excluding hydrogens is 159 g/mol. The summed E-state index contributed by atoms with van der Waals surface area (Å²) in [5.74, 6) is 0. The van der Waals surface area contributed by atoms with Crippen LogP contribution < -0.4 is 0 Å². The predicted octanol–water partition coefficient (Wildman–Crippen LogP) is -1.24. The summed E-state index contributed by atoms with van der Waals surface area (Å²) in [6.45, 7) is 0. The van der Waals surface area contributed by atoms with Crippen LogP contribution in [0, 0.1) is 0 Å². The first-order valence-electron chi connectivity index (χ1n) is 0.783. The summed E-state index contributed by atoms with van der Waals surface area (Å²) in [7, 11) is -3.70. The van der Waals surface area contributed by atoms with Gasteiger partial charge in [0.25, 0.3) is 0 Å². The van der Waals surface area contributed by atoms with Crippen LogP contribution in [-0.2, 0) is 8.91 Å². The van der Waals surface area contributed by atoms with E-state index in [1.807, 2.05) is 0 Å². The third-order valence-electron chi connectivity index (χ3n) is 0. The van der Waals surface area contributed by atoms with E-state index in [0.717, 1.165) is 0 Å². The molecule has 34 valence electrons. The van der Waals surface area contributed by atoms with Gasteiger partial charge in [-0.3, -0.25) is 0 Å². The van der Waals surface area contributed by atoms with Gasteiger partial charge in [0.2, 0.25) is 0 Å². The molecule has 0 amide bonds. The first-order chi connectivity index (χ1) is 2.00. The van der Waals surface area contributed by atoms with Crippen LogP contribution in [0.4, 0.5) is 0 Å². The van der Waals surface area contributed by atoms with Crippen molar-refractivity contribution in [3.8, 4) is 0 Å². The molecule has 0 heterocycles. The van der Waals surface area contributed by atoms with Crippen molar-refractivity contribution in [3.05, 3.63) is 0 Å². The van der Waals surface area contributed by atoms with Crippen LogP contribution in [0.1, 0.15) is 0 Å². The number of rotatable bonds is 0. The summed E-state index contributed by atoms with van der Waals surface area (Å²) < 4.78 is 24.5. The standard InChI is InChI=1S/H4O3SSe/c1-4(2,3)5/h4H,(H3,1,2,3,5). The minimum atomic E-state index is -3.70. The van der Waals surface area contributed by atoms with Crippen LogP contribution in [0.2, 0.25) is 0 Å². The second-order valence-corrected chi connectivity index (χ2v) is 4.82. The summed E-state index contributed by atoms with van der Waals surface area (Å²) >= 11 is 1.25. The molecule has 0 aliphatic heterocycles. The summed E-state index contributed by atoms with van der Waals surface area (Å²) in [5.41, 5.74) is 0. The summed E-state index contributed by atoms with van der Waals surface area (Å²) in [6.07, 6.45) is 0. The van der Waals surface area contributed by atoms with Crippen molar-refractivity contribution in [1.82, 2.24) is 0 Å². The van der Waals surface area contributed by atoms with E-state index >= 15 is 0 Å². The molecule has 0 rings (SSSR count). The molecule has 0 fully saturated rings. The third kappa shape index (κ3) is 88.6. The molecule has 0 aliphatic rings. The Morgan fingerprint density at radius 1 is 1.60 bits per heavy atom. The molecule has 0 radical (unpaired) electrons. The predicted molar refractivity (Wildman–Crippen MR) is 21.9 cm³/mol. The molecule has 0 aromatic heterocycles. The molecule has 0 saturated heterocycles. The summed E-state index contributed by atoms with van der Waals surface area (Å²) in [5, 5.41) is 0. The van der Waals surface area contributed by atoms with Crippen molar-refractivity contribution in [2.75, 3.05) is 0 Å². The number of hydrogen-bond donors (Lipinski definition) is 3. The second-order valence-electron chi connectivity index (χ2n) is 0.513. The summed E-state index contributed by atoms with van der Waals surface area (Å²) in [4.78, 5) is 0. The van der Waals surface area contributed by atoms with E-state index in [-0.39, 0.29) is 0 Å². The van der Waals surface area contributed by atoms with E-state index in [4.69, 9.17) is 9.11 Å². The van der Waals surface area contributed by atoms with Crippen molar-refractivity contribution < 1.29 is 13.3 Å². The van der Waals surface area contributed by atoms with Gasteiger partial charge in [0.15, 0.2) is 0 Å². The Morgan fingerprint density at radius 3 is 1.60 bits per heavy atom. The molecule has 2 N–H and O–H groups in total. The summed E-state index contributed by atoms with van der Waals surface area (Å²) in [6, 6.07) is 0. The van der Waals surface area contributed by atoms with E-state index in [1.165, 1.54) is 14.9 Å². The Hall–Kier alpha value is 0.589. The monoisotopic (exact) mass is 164 g/mol. The molecule has 0 saturated carbocycles. The maximum atomic E-state index is 9.30. The molecule has 5 heteroatoms. The third-order valence-corrected chi connectivity index (χ3v) is 0. The quantitative estimate of drug-likeness (QED) is 0.309. The van der Waals surface area contributed by atoms with Crippen LogP contribution in [0.15, 0.2) is 0 Å². The van der Waals surface area contributed by atoms with Gasteiger partial charge >= 0.3 is 37.1 Å². The van der Waals surface area contributed by atoms with Crippen molar-refractivity contribution >= 4 is 23.8 Å². The fraction of sp³-hybridized carbons (Fsp3) is 0. The number of hydrogen-bond acceptors (Lipinski definition) is 1.